The highest BCUT2D eigenvalue weighted by Gasteiger charge is 2.12. The number of benzene rings is 2. The molecule has 0 saturated carbocycles. The molecular weight excluding hydrogens is 317 g/mol. The van der Waals surface area contributed by atoms with Crippen LogP contribution in [0.2, 0.25) is 0 Å². The molecule has 0 radical (unpaired) electrons. The highest BCUT2D eigenvalue weighted by Crippen LogP contribution is 2.23. The third kappa shape index (κ3) is 3.90. The highest BCUT2D eigenvalue weighted by atomic mass is 79.9. The Morgan fingerprint density at radius 2 is 1.85 bits per heavy atom. The zero-order valence-corrected chi connectivity index (χ0v) is 13.2. The maximum absolute atomic E-state index is 14.0. The minimum absolute atomic E-state index is 0.143. The van der Waals surface area contributed by atoms with E-state index < -0.39 is 0 Å². The zero-order chi connectivity index (χ0) is 14.4. The molecule has 1 unspecified atom stereocenters. The molecule has 106 valence electrons. The standard InChI is InChI=1S/C17H19BrFN/c1-2-20-16(13-7-4-3-5-8-13)12-11-14-9-6-10-15(18)17(14)19/h3-10,16,20H,2,11-12H2,1H3. The van der Waals surface area contributed by atoms with Crippen molar-refractivity contribution in [2.24, 2.45) is 0 Å². The van der Waals surface area contributed by atoms with Gasteiger partial charge in [0.15, 0.2) is 0 Å². The molecule has 0 fully saturated rings. The van der Waals surface area contributed by atoms with Crippen molar-refractivity contribution in [3.8, 4) is 0 Å². The van der Waals surface area contributed by atoms with Gasteiger partial charge in [0.2, 0.25) is 0 Å². The molecule has 0 aliphatic carbocycles. The second-order valence-corrected chi connectivity index (χ2v) is 5.63. The van der Waals surface area contributed by atoms with Crippen LogP contribution in [0.15, 0.2) is 53.0 Å². The van der Waals surface area contributed by atoms with E-state index in [1.165, 1.54) is 5.56 Å². The van der Waals surface area contributed by atoms with Crippen molar-refractivity contribution in [3.63, 3.8) is 0 Å². The van der Waals surface area contributed by atoms with Crippen LogP contribution in [-0.4, -0.2) is 6.54 Å². The average Bonchev–Trinajstić information content (AvgIpc) is 2.48. The Balaban J connectivity index is 2.08. The van der Waals surface area contributed by atoms with E-state index >= 15 is 0 Å². The van der Waals surface area contributed by atoms with Crippen LogP contribution in [-0.2, 0) is 6.42 Å². The molecule has 20 heavy (non-hydrogen) atoms. The van der Waals surface area contributed by atoms with E-state index in [4.69, 9.17) is 0 Å². The van der Waals surface area contributed by atoms with Crippen LogP contribution in [0.3, 0.4) is 0 Å². The van der Waals surface area contributed by atoms with E-state index in [2.05, 4.69) is 40.3 Å². The Morgan fingerprint density at radius 3 is 2.55 bits per heavy atom. The smallest absolute Gasteiger partial charge is 0.140 e. The predicted octanol–water partition coefficient (Wildman–Crippen LogP) is 4.87. The van der Waals surface area contributed by atoms with E-state index in [9.17, 15) is 4.39 Å². The summed E-state index contributed by atoms with van der Waals surface area (Å²) in [6.45, 7) is 3.00. The van der Waals surface area contributed by atoms with E-state index in [-0.39, 0.29) is 11.9 Å². The van der Waals surface area contributed by atoms with Crippen molar-refractivity contribution >= 4 is 15.9 Å². The molecule has 2 rings (SSSR count). The summed E-state index contributed by atoms with van der Waals surface area (Å²) in [5.74, 6) is -0.143. The first-order chi connectivity index (χ1) is 9.72. The van der Waals surface area contributed by atoms with Gasteiger partial charge in [0, 0.05) is 6.04 Å². The van der Waals surface area contributed by atoms with Gasteiger partial charge < -0.3 is 5.32 Å². The van der Waals surface area contributed by atoms with Gasteiger partial charge in [-0.2, -0.15) is 0 Å². The Bertz CT molecular complexity index is 542. The fourth-order valence-corrected chi connectivity index (χ4v) is 2.77. The van der Waals surface area contributed by atoms with Gasteiger partial charge in [0.25, 0.3) is 0 Å². The summed E-state index contributed by atoms with van der Waals surface area (Å²) in [6.07, 6.45) is 1.60. The van der Waals surface area contributed by atoms with E-state index in [0.29, 0.717) is 4.47 Å². The topological polar surface area (TPSA) is 12.0 Å². The maximum atomic E-state index is 14.0. The summed E-state index contributed by atoms with van der Waals surface area (Å²) in [7, 11) is 0. The van der Waals surface area contributed by atoms with Crippen LogP contribution < -0.4 is 5.32 Å². The number of aryl methyl sites for hydroxylation is 1. The van der Waals surface area contributed by atoms with Gasteiger partial charge in [0.05, 0.1) is 4.47 Å². The molecule has 0 aliphatic rings. The third-order valence-electron chi connectivity index (χ3n) is 3.39. The molecule has 2 aromatic rings. The van der Waals surface area contributed by atoms with Gasteiger partial charge in [-0.15, -0.1) is 0 Å². The lowest BCUT2D eigenvalue weighted by atomic mass is 9.98. The van der Waals surface area contributed by atoms with E-state index in [1.807, 2.05) is 30.3 Å². The minimum Gasteiger partial charge on any atom is -0.310 e. The molecule has 0 bridgehead atoms. The van der Waals surface area contributed by atoms with Crippen LogP contribution in [0.25, 0.3) is 0 Å². The number of hydrogen-bond acceptors (Lipinski definition) is 1. The number of halogens is 2. The first kappa shape index (κ1) is 15.2. The van der Waals surface area contributed by atoms with Crippen molar-refractivity contribution in [2.45, 2.75) is 25.8 Å². The normalized spacial score (nSPS) is 12.3. The molecule has 1 atom stereocenters. The molecule has 1 nitrogen and oxygen atoms in total. The van der Waals surface area contributed by atoms with Gasteiger partial charge in [-0.1, -0.05) is 49.4 Å². The summed E-state index contributed by atoms with van der Waals surface area (Å²) in [6, 6.07) is 16.1. The number of hydrogen-bond donors (Lipinski definition) is 1. The van der Waals surface area contributed by atoms with Crippen molar-refractivity contribution in [2.75, 3.05) is 6.54 Å². The molecular formula is C17H19BrFN. The molecule has 0 aliphatic heterocycles. The van der Waals surface area contributed by atoms with Crippen molar-refractivity contribution in [1.29, 1.82) is 0 Å². The van der Waals surface area contributed by atoms with Gasteiger partial charge in [-0.05, 0) is 52.5 Å². The lowest BCUT2D eigenvalue weighted by Crippen LogP contribution is -2.21. The molecule has 0 aromatic heterocycles. The lowest BCUT2D eigenvalue weighted by Gasteiger charge is -2.18. The SMILES string of the molecule is CCNC(CCc1cccc(Br)c1F)c1ccccc1. The van der Waals surface area contributed by atoms with Crippen LogP contribution in [0.5, 0.6) is 0 Å². The number of nitrogens with one attached hydrogen (secondary N) is 1. The van der Waals surface area contributed by atoms with Gasteiger partial charge in [0.1, 0.15) is 5.82 Å². The van der Waals surface area contributed by atoms with Crippen molar-refractivity contribution in [3.05, 3.63) is 69.9 Å². The molecule has 0 amide bonds. The molecule has 0 heterocycles. The van der Waals surface area contributed by atoms with Crippen molar-refractivity contribution < 1.29 is 4.39 Å². The quantitative estimate of drug-likeness (QED) is 0.793. The fourth-order valence-electron chi connectivity index (χ4n) is 2.36. The van der Waals surface area contributed by atoms with Gasteiger partial charge in [-0.3, -0.25) is 0 Å². The highest BCUT2D eigenvalue weighted by molar-refractivity contribution is 9.10. The van der Waals surface area contributed by atoms with Crippen LogP contribution in [0.1, 0.15) is 30.5 Å². The Labute approximate surface area is 128 Å². The summed E-state index contributed by atoms with van der Waals surface area (Å²) in [5.41, 5.74) is 2.02. The fraction of sp³-hybridized carbons (Fsp3) is 0.294. The Hall–Kier alpha value is -1.19. The second-order valence-electron chi connectivity index (χ2n) is 4.77. The first-order valence-corrected chi connectivity index (χ1v) is 7.73. The van der Waals surface area contributed by atoms with Gasteiger partial charge in [-0.25, -0.2) is 4.39 Å². The summed E-state index contributed by atoms with van der Waals surface area (Å²) >= 11 is 3.24. The van der Waals surface area contributed by atoms with Gasteiger partial charge >= 0.3 is 0 Å². The lowest BCUT2D eigenvalue weighted by molar-refractivity contribution is 0.506. The molecule has 1 N–H and O–H groups in total. The van der Waals surface area contributed by atoms with Crippen LogP contribution in [0, 0.1) is 5.82 Å². The zero-order valence-electron chi connectivity index (χ0n) is 11.6. The third-order valence-corrected chi connectivity index (χ3v) is 4.00. The Kier molecular flexibility index (Phi) is 5.74. The van der Waals surface area contributed by atoms with Crippen LogP contribution in [0.4, 0.5) is 4.39 Å². The Morgan fingerprint density at radius 1 is 1.10 bits per heavy atom. The predicted molar refractivity (Wildman–Crippen MR) is 85.3 cm³/mol. The van der Waals surface area contributed by atoms with Crippen molar-refractivity contribution in [1.82, 2.24) is 5.32 Å². The first-order valence-electron chi connectivity index (χ1n) is 6.93. The minimum atomic E-state index is -0.143. The van der Waals surface area contributed by atoms with Crippen LogP contribution >= 0.6 is 15.9 Å². The van der Waals surface area contributed by atoms with E-state index in [1.54, 1.807) is 6.07 Å². The second kappa shape index (κ2) is 7.55. The molecule has 3 heteroatoms. The van der Waals surface area contributed by atoms with E-state index in [0.717, 1.165) is 24.9 Å². The monoisotopic (exact) mass is 335 g/mol. The molecule has 0 spiro atoms. The summed E-state index contributed by atoms with van der Waals surface area (Å²) < 4.78 is 14.5. The average molecular weight is 336 g/mol. The maximum Gasteiger partial charge on any atom is 0.140 e. The largest absolute Gasteiger partial charge is 0.310 e. The molecule has 0 saturated heterocycles. The summed E-state index contributed by atoms with van der Waals surface area (Å²) in [4.78, 5) is 0. The summed E-state index contributed by atoms with van der Waals surface area (Å²) in [5, 5.41) is 3.47. The molecule has 2 aromatic carbocycles. The number of rotatable bonds is 6.